The molecule has 0 saturated carbocycles. The summed E-state index contributed by atoms with van der Waals surface area (Å²) in [7, 11) is 0. The van der Waals surface area contributed by atoms with Gasteiger partial charge in [0.1, 0.15) is 0 Å². The highest BCUT2D eigenvalue weighted by Crippen LogP contribution is 1.99. The van der Waals surface area contributed by atoms with Gasteiger partial charge in [-0.3, -0.25) is 9.88 Å². The van der Waals surface area contributed by atoms with E-state index in [0.717, 1.165) is 58.1 Å². The molecule has 1 N–H and O–H groups in total. The Morgan fingerprint density at radius 2 is 2.10 bits per heavy atom. The summed E-state index contributed by atoms with van der Waals surface area (Å²) in [6, 6.07) is 6.08. The van der Waals surface area contributed by atoms with Gasteiger partial charge < -0.3 is 10.1 Å². The van der Waals surface area contributed by atoms with Gasteiger partial charge in [-0.15, -0.1) is 0 Å². The van der Waals surface area contributed by atoms with Gasteiger partial charge in [-0.2, -0.15) is 0 Å². The number of ether oxygens (including phenoxy) is 1. The maximum absolute atomic E-state index is 5.52. The van der Waals surface area contributed by atoms with E-state index in [1.165, 1.54) is 6.42 Å². The van der Waals surface area contributed by atoms with Gasteiger partial charge in [-0.1, -0.05) is 26.3 Å². The fourth-order valence-corrected chi connectivity index (χ4v) is 1.92. The molecule has 0 aliphatic carbocycles. The van der Waals surface area contributed by atoms with Gasteiger partial charge in [0.25, 0.3) is 0 Å². The lowest BCUT2D eigenvalue weighted by Gasteiger charge is -2.20. The van der Waals surface area contributed by atoms with Crippen LogP contribution in [0.1, 0.15) is 32.4 Å². The first-order valence-corrected chi connectivity index (χ1v) is 7.77. The average molecular weight is 279 g/mol. The molecule has 0 saturated heterocycles. The van der Waals surface area contributed by atoms with Crippen LogP contribution in [0.15, 0.2) is 24.4 Å². The molecule has 4 heteroatoms. The van der Waals surface area contributed by atoms with Crippen LogP contribution in [-0.4, -0.2) is 49.3 Å². The molecule has 4 nitrogen and oxygen atoms in total. The van der Waals surface area contributed by atoms with Gasteiger partial charge in [0.05, 0.1) is 12.3 Å². The summed E-state index contributed by atoms with van der Waals surface area (Å²) < 4.78 is 5.52. The molecule has 114 valence electrons. The minimum Gasteiger partial charge on any atom is -0.380 e. The normalized spacial score (nSPS) is 11.2. The number of aromatic nitrogens is 1. The lowest BCUT2D eigenvalue weighted by Crippen LogP contribution is -2.33. The maximum Gasteiger partial charge on any atom is 0.0590 e. The summed E-state index contributed by atoms with van der Waals surface area (Å²) in [5.41, 5.74) is 1.14. The first-order chi connectivity index (χ1) is 9.86. The Hall–Kier alpha value is -0.970. The number of hydrogen-bond acceptors (Lipinski definition) is 4. The van der Waals surface area contributed by atoms with Gasteiger partial charge in [0.2, 0.25) is 0 Å². The molecular weight excluding hydrogens is 250 g/mol. The molecule has 0 atom stereocenters. The zero-order valence-electron chi connectivity index (χ0n) is 13.0. The van der Waals surface area contributed by atoms with E-state index >= 15 is 0 Å². The van der Waals surface area contributed by atoms with Crippen molar-refractivity contribution in [2.45, 2.75) is 33.2 Å². The van der Waals surface area contributed by atoms with Crippen LogP contribution >= 0.6 is 0 Å². The fourth-order valence-electron chi connectivity index (χ4n) is 1.92. The number of likely N-dealkylation sites (N-methyl/N-ethyl adjacent to an activating group) is 1. The smallest absolute Gasteiger partial charge is 0.0590 e. The fraction of sp³-hybridized carbons (Fsp3) is 0.688. The molecule has 1 aromatic heterocycles. The largest absolute Gasteiger partial charge is 0.380 e. The molecule has 0 aliphatic heterocycles. The average Bonchev–Trinajstić information content (AvgIpc) is 2.49. The molecule has 0 unspecified atom stereocenters. The van der Waals surface area contributed by atoms with Crippen LogP contribution in [0, 0.1) is 0 Å². The number of unbranched alkanes of at least 4 members (excludes halogenated alkanes) is 1. The van der Waals surface area contributed by atoms with Gasteiger partial charge in [-0.05, 0) is 25.1 Å². The first-order valence-electron chi connectivity index (χ1n) is 7.77. The minimum atomic E-state index is 0.812. The summed E-state index contributed by atoms with van der Waals surface area (Å²) in [6.07, 6.45) is 4.22. The molecule has 20 heavy (non-hydrogen) atoms. The van der Waals surface area contributed by atoms with E-state index in [0.29, 0.717) is 0 Å². The highest BCUT2D eigenvalue weighted by Gasteiger charge is 2.03. The van der Waals surface area contributed by atoms with Crippen LogP contribution in [0.2, 0.25) is 0 Å². The van der Waals surface area contributed by atoms with Crippen molar-refractivity contribution in [3.63, 3.8) is 0 Å². The Kier molecular flexibility index (Phi) is 10.1. The lowest BCUT2D eigenvalue weighted by atomic mass is 10.3. The Morgan fingerprint density at radius 1 is 1.20 bits per heavy atom. The number of nitrogens with zero attached hydrogens (tertiary/aromatic N) is 2. The van der Waals surface area contributed by atoms with E-state index in [2.05, 4.69) is 35.1 Å². The standard InChI is InChI=1S/C16H29N3O/c1-3-5-13-20-14-11-17-10-12-19(4-2)15-16-8-6-7-9-18-16/h6-9,17H,3-5,10-15H2,1-2H3. The van der Waals surface area contributed by atoms with Crippen LogP contribution in [0.25, 0.3) is 0 Å². The molecule has 0 aromatic carbocycles. The van der Waals surface area contributed by atoms with Gasteiger partial charge in [0.15, 0.2) is 0 Å². The summed E-state index contributed by atoms with van der Waals surface area (Å²) >= 11 is 0. The Bertz CT molecular complexity index is 319. The van der Waals surface area contributed by atoms with Crippen molar-refractivity contribution in [2.75, 3.05) is 39.4 Å². The summed E-state index contributed by atoms with van der Waals surface area (Å²) in [4.78, 5) is 6.77. The Labute approximate surface area is 123 Å². The molecule has 0 spiro atoms. The van der Waals surface area contributed by atoms with E-state index in [4.69, 9.17) is 4.74 Å². The first kappa shape index (κ1) is 17.1. The summed E-state index contributed by atoms with van der Waals surface area (Å²) in [5, 5.41) is 3.43. The zero-order valence-corrected chi connectivity index (χ0v) is 13.0. The molecule has 0 amide bonds. The van der Waals surface area contributed by atoms with Crippen LogP contribution < -0.4 is 5.32 Å². The second-order valence-electron chi connectivity index (χ2n) is 4.91. The lowest BCUT2D eigenvalue weighted by molar-refractivity contribution is 0.132. The number of pyridine rings is 1. The monoisotopic (exact) mass is 279 g/mol. The third-order valence-electron chi connectivity index (χ3n) is 3.23. The molecule has 0 radical (unpaired) electrons. The number of hydrogen-bond donors (Lipinski definition) is 1. The highest BCUT2D eigenvalue weighted by molar-refractivity contribution is 5.03. The Morgan fingerprint density at radius 3 is 2.80 bits per heavy atom. The quantitative estimate of drug-likeness (QED) is 0.596. The number of rotatable bonds is 12. The van der Waals surface area contributed by atoms with Crippen molar-refractivity contribution in [2.24, 2.45) is 0 Å². The Balaban J connectivity index is 2.04. The van der Waals surface area contributed by atoms with E-state index in [-0.39, 0.29) is 0 Å². The van der Waals surface area contributed by atoms with Crippen LogP contribution in [-0.2, 0) is 11.3 Å². The van der Waals surface area contributed by atoms with Crippen LogP contribution in [0.3, 0.4) is 0 Å². The summed E-state index contributed by atoms with van der Waals surface area (Å²) in [5.74, 6) is 0. The topological polar surface area (TPSA) is 37.4 Å². The van der Waals surface area contributed by atoms with Crippen LogP contribution in [0.5, 0.6) is 0 Å². The van der Waals surface area contributed by atoms with Gasteiger partial charge >= 0.3 is 0 Å². The number of nitrogens with one attached hydrogen (secondary N) is 1. The second-order valence-corrected chi connectivity index (χ2v) is 4.91. The van der Waals surface area contributed by atoms with Crippen molar-refractivity contribution < 1.29 is 4.74 Å². The maximum atomic E-state index is 5.52. The van der Waals surface area contributed by atoms with Gasteiger partial charge in [-0.25, -0.2) is 0 Å². The summed E-state index contributed by atoms with van der Waals surface area (Å²) in [6.45, 7) is 11.0. The molecule has 1 rings (SSSR count). The van der Waals surface area contributed by atoms with E-state index in [9.17, 15) is 0 Å². The van der Waals surface area contributed by atoms with Crippen molar-refractivity contribution in [3.05, 3.63) is 30.1 Å². The minimum absolute atomic E-state index is 0.812. The van der Waals surface area contributed by atoms with E-state index in [1.807, 2.05) is 18.3 Å². The van der Waals surface area contributed by atoms with Crippen molar-refractivity contribution in [1.82, 2.24) is 15.2 Å². The zero-order chi connectivity index (χ0) is 14.5. The van der Waals surface area contributed by atoms with Gasteiger partial charge in [0, 0.05) is 39.0 Å². The van der Waals surface area contributed by atoms with E-state index < -0.39 is 0 Å². The molecular formula is C16H29N3O. The SMILES string of the molecule is CCCCOCCNCCN(CC)Cc1ccccn1. The van der Waals surface area contributed by atoms with E-state index in [1.54, 1.807) is 0 Å². The highest BCUT2D eigenvalue weighted by atomic mass is 16.5. The van der Waals surface area contributed by atoms with Crippen molar-refractivity contribution in [3.8, 4) is 0 Å². The predicted molar refractivity (Wildman–Crippen MR) is 83.8 cm³/mol. The van der Waals surface area contributed by atoms with Crippen LogP contribution in [0.4, 0.5) is 0 Å². The predicted octanol–water partition coefficient (Wildman–Crippen LogP) is 2.31. The molecule has 0 bridgehead atoms. The molecule has 1 aromatic rings. The third-order valence-corrected chi connectivity index (χ3v) is 3.23. The second kappa shape index (κ2) is 11.8. The van der Waals surface area contributed by atoms with Crippen molar-refractivity contribution >= 4 is 0 Å². The molecule has 1 heterocycles. The van der Waals surface area contributed by atoms with Crippen molar-refractivity contribution in [1.29, 1.82) is 0 Å². The molecule has 0 aliphatic rings. The molecule has 0 fully saturated rings. The third kappa shape index (κ3) is 8.25.